The zero-order valence-corrected chi connectivity index (χ0v) is 15.0. The van der Waals surface area contributed by atoms with Crippen LogP contribution in [0.1, 0.15) is 30.5 Å². The van der Waals surface area contributed by atoms with E-state index in [0.717, 1.165) is 12.1 Å². The van der Waals surface area contributed by atoms with Crippen molar-refractivity contribution in [3.63, 3.8) is 0 Å². The van der Waals surface area contributed by atoms with E-state index in [2.05, 4.69) is 49.9 Å². The van der Waals surface area contributed by atoms with Crippen LogP contribution in [-0.4, -0.2) is 24.0 Å². The molecule has 0 unspecified atom stereocenters. The van der Waals surface area contributed by atoms with Crippen LogP contribution in [0.2, 0.25) is 0 Å². The van der Waals surface area contributed by atoms with Crippen molar-refractivity contribution in [1.82, 2.24) is 4.90 Å². The minimum atomic E-state index is -0.255. The van der Waals surface area contributed by atoms with Crippen molar-refractivity contribution >= 4 is 5.97 Å². The average Bonchev–Trinajstić information content (AvgIpc) is 2.53. The Morgan fingerprint density at radius 3 is 2.33 bits per heavy atom. The quantitative estimate of drug-likeness (QED) is 0.715. The van der Waals surface area contributed by atoms with Crippen LogP contribution in [0.25, 0.3) is 0 Å². The van der Waals surface area contributed by atoms with Crippen LogP contribution in [-0.2, 0) is 22.7 Å². The molecule has 24 heavy (non-hydrogen) atoms. The molecule has 0 radical (unpaired) electrons. The van der Waals surface area contributed by atoms with Gasteiger partial charge < -0.3 is 4.74 Å². The minimum Gasteiger partial charge on any atom is -0.460 e. The molecule has 0 saturated heterocycles. The van der Waals surface area contributed by atoms with E-state index in [1.165, 1.54) is 11.1 Å². The van der Waals surface area contributed by atoms with Gasteiger partial charge >= 0.3 is 5.97 Å². The van der Waals surface area contributed by atoms with Crippen LogP contribution >= 0.6 is 0 Å². The molecular formula is C21H27NO2. The fourth-order valence-electron chi connectivity index (χ4n) is 2.97. The molecule has 2 aromatic carbocycles. The molecule has 128 valence electrons. The van der Waals surface area contributed by atoms with Gasteiger partial charge in [-0.25, -0.2) is 0 Å². The number of benzene rings is 2. The molecule has 0 saturated carbocycles. The van der Waals surface area contributed by atoms with Crippen LogP contribution in [0.3, 0.4) is 0 Å². The lowest BCUT2D eigenvalue weighted by atomic mass is 10.0. The molecule has 0 fully saturated rings. The molecule has 0 aliphatic rings. The third-order valence-electron chi connectivity index (χ3n) is 4.09. The number of esters is 1. The average molecular weight is 325 g/mol. The highest BCUT2D eigenvalue weighted by molar-refractivity contribution is 5.76. The third kappa shape index (κ3) is 5.20. The predicted molar refractivity (Wildman–Crippen MR) is 97.5 cm³/mol. The van der Waals surface area contributed by atoms with Crippen molar-refractivity contribution in [3.05, 3.63) is 71.3 Å². The van der Waals surface area contributed by atoms with E-state index in [1.807, 2.05) is 37.4 Å². The van der Waals surface area contributed by atoms with Gasteiger partial charge in [-0.1, -0.05) is 74.0 Å². The van der Waals surface area contributed by atoms with Gasteiger partial charge in [0, 0.05) is 6.54 Å². The van der Waals surface area contributed by atoms with Gasteiger partial charge in [0.15, 0.2) is 0 Å². The Hall–Kier alpha value is -2.13. The Kier molecular flexibility index (Phi) is 6.56. The number of nitrogens with zero attached hydrogens (tertiary/aromatic N) is 1. The Morgan fingerprint density at radius 1 is 1.04 bits per heavy atom. The van der Waals surface area contributed by atoms with Gasteiger partial charge in [-0.3, -0.25) is 9.69 Å². The molecule has 0 spiro atoms. The predicted octanol–water partition coefficient (Wildman–Crippen LogP) is 4.19. The van der Waals surface area contributed by atoms with Crippen molar-refractivity contribution < 1.29 is 9.53 Å². The highest BCUT2D eigenvalue weighted by Crippen LogP contribution is 2.16. The summed E-state index contributed by atoms with van der Waals surface area (Å²) in [5.41, 5.74) is 3.45. The number of rotatable bonds is 7. The Balaban J connectivity index is 2.00. The van der Waals surface area contributed by atoms with Gasteiger partial charge in [0.1, 0.15) is 12.6 Å². The molecule has 2 rings (SSSR count). The first kappa shape index (κ1) is 18.2. The maximum absolute atomic E-state index is 12.6. The summed E-state index contributed by atoms with van der Waals surface area (Å²) in [4.78, 5) is 14.7. The van der Waals surface area contributed by atoms with Gasteiger partial charge in [-0.15, -0.1) is 0 Å². The van der Waals surface area contributed by atoms with Gasteiger partial charge in [-0.05, 0) is 31.0 Å². The Morgan fingerprint density at radius 2 is 1.71 bits per heavy atom. The molecule has 3 nitrogen and oxygen atoms in total. The second-order valence-electron chi connectivity index (χ2n) is 6.69. The highest BCUT2D eigenvalue weighted by atomic mass is 16.5. The number of hydrogen-bond acceptors (Lipinski definition) is 3. The topological polar surface area (TPSA) is 29.5 Å². The normalized spacial score (nSPS) is 12.4. The van der Waals surface area contributed by atoms with Crippen molar-refractivity contribution in [2.24, 2.45) is 5.92 Å². The summed E-state index contributed by atoms with van der Waals surface area (Å²) in [6.07, 6.45) is 0. The van der Waals surface area contributed by atoms with Crippen LogP contribution < -0.4 is 0 Å². The number of likely N-dealkylation sites (N-methyl/N-ethyl adjacent to an activating group) is 1. The highest BCUT2D eigenvalue weighted by Gasteiger charge is 2.28. The smallest absolute Gasteiger partial charge is 0.323 e. The van der Waals surface area contributed by atoms with Crippen LogP contribution in [0, 0.1) is 12.8 Å². The van der Waals surface area contributed by atoms with E-state index in [-0.39, 0.29) is 17.9 Å². The lowest BCUT2D eigenvalue weighted by Crippen LogP contribution is -2.43. The van der Waals surface area contributed by atoms with Gasteiger partial charge in [0.25, 0.3) is 0 Å². The molecule has 1 atom stereocenters. The summed E-state index contributed by atoms with van der Waals surface area (Å²) in [6.45, 7) is 7.24. The van der Waals surface area contributed by atoms with E-state index in [1.54, 1.807) is 0 Å². The van der Waals surface area contributed by atoms with Crippen LogP contribution in [0.5, 0.6) is 0 Å². The van der Waals surface area contributed by atoms with Crippen LogP contribution in [0.4, 0.5) is 0 Å². The molecule has 0 N–H and O–H groups in total. The van der Waals surface area contributed by atoms with E-state index in [0.29, 0.717) is 6.61 Å². The van der Waals surface area contributed by atoms with Crippen molar-refractivity contribution in [3.8, 4) is 0 Å². The van der Waals surface area contributed by atoms with Gasteiger partial charge in [-0.2, -0.15) is 0 Å². The molecule has 2 aromatic rings. The van der Waals surface area contributed by atoms with Crippen LogP contribution in [0.15, 0.2) is 54.6 Å². The third-order valence-corrected chi connectivity index (χ3v) is 4.09. The lowest BCUT2D eigenvalue weighted by Gasteiger charge is -2.29. The SMILES string of the molecule is Cc1cccc(CN(C)[C@H](C(=O)OCc2ccccc2)C(C)C)c1. The molecule has 3 heteroatoms. The zero-order chi connectivity index (χ0) is 17.5. The second kappa shape index (κ2) is 8.65. The maximum Gasteiger partial charge on any atom is 0.323 e. The standard InChI is InChI=1S/C21H27NO2/c1-16(2)20(21(23)24-15-18-10-6-5-7-11-18)22(4)14-19-12-8-9-17(3)13-19/h5-13,16,20H,14-15H2,1-4H3/t20-/m0/s1. The number of ether oxygens (including phenoxy) is 1. The van der Waals surface area contributed by atoms with Crippen molar-refractivity contribution in [2.45, 2.75) is 40.0 Å². The number of carbonyl (C=O) groups excluding carboxylic acids is 1. The summed E-state index contributed by atoms with van der Waals surface area (Å²) in [6, 6.07) is 17.9. The van der Waals surface area contributed by atoms with Crippen molar-refractivity contribution in [2.75, 3.05) is 7.05 Å². The molecule has 0 aliphatic carbocycles. The minimum absolute atomic E-state index is 0.163. The first-order valence-electron chi connectivity index (χ1n) is 8.43. The Bertz CT molecular complexity index is 652. The maximum atomic E-state index is 12.6. The number of carbonyl (C=O) groups is 1. The molecule has 0 amide bonds. The monoisotopic (exact) mass is 325 g/mol. The number of hydrogen-bond donors (Lipinski definition) is 0. The first-order valence-corrected chi connectivity index (χ1v) is 8.43. The van der Waals surface area contributed by atoms with E-state index < -0.39 is 0 Å². The molecule has 0 aromatic heterocycles. The molecule has 0 bridgehead atoms. The first-order chi connectivity index (χ1) is 11.5. The van der Waals surface area contributed by atoms with Crippen molar-refractivity contribution in [1.29, 1.82) is 0 Å². The lowest BCUT2D eigenvalue weighted by molar-refractivity contribution is -0.153. The Labute approximate surface area is 145 Å². The van der Waals surface area contributed by atoms with E-state index in [4.69, 9.17) is 4.74 Å². The largest absolute Gasteiger partial charge is 0.460 e. The fourth-order valence-corrected chi connectivity index (χ4v) is 2.97. The fraction of sp³-hybridized carbons (Fsp3) is 0.381. The summed E-state index contributed by atoms with van der Waals surface area (Å²) in [5, 5.41) is 0. The summed E-state index contributed by atoms with van der Waals surface area (Å²) < 4.78 is 5.55. The van der Waals surface area contributed by atoms with E-state index in [9.17, 15) is 4.79 Å². The summed E-state index contributed by atoms with van der Waals surface area (Å²) >= 11 is 0. The molecular weight excluding hydrogens is 298 g/mol. The second-order valence-corrected chi connectivity index (χ2v) is 6.69. The van der Waals surface area contributed by atoms with E-state index >= 15 is 0 Å². The van der Waals surface area contributed by atoms with Gasteiger partial charge in [0.2, 0.25) is 0 Å². The molecule has 0 aliphatic heterocycles. The summed E-state index contributed by atoms with van der Waals surface area (Å²) in [5.74, 6) is 0.0205. The zero-order valence-electron chi connectivity index (χ0n) is 15.0. The van der Waals surface area contributed by atoms with Gasteiger partial charge in [0.05, 0.1) is 0 Å². The molecule has 0 heterocycles. The summed E-state index contributed by atoms with van der Waals surface area (Å²) in [7, 11) is 1.98. The number of aryl methyl sites for hydroxylation is 1.